The Balaban J connectivity index is 2.07. The van der Waals surface area contributed by atoms with E-state index in [1.165, 1.54) is 0 Å². The Morgan fingerprint density at radius 3 is 2.78 bits per heavy atom. The van der Waals surface area contributed by atoms with E-state index in [0.717, 1.165) is 30.6 Å². The van der Waals surface area contributed by atoms with Crippen LogP contribution in [0.1, 0.15) is 17.5 Å². The highest BCUT2D eigenvalue weighted by molar-refractivity contribution is 7.92. The maximum atomic E-state index is 12.1. The van der Waals surface area contributed by atoms with Crippen LogP contribution >= 0.6 is 0 Å². The van der Waals surface area contributed by atoms with E-state index in [1.54, 1.807) is 0 Å². The van der Waals surface area contributed by atoms with E-state index in [2.05, 4.69) is 10.0 Å². The van der Waals surface area contributed by atoms with Gasteiger partial charge in [-0.2, -0.15) is 0 Å². The third-order valence-corrected chi connectivity index (χ3v) is 4.71. The van der Waals surface area contributed by atoms with Gasteiger partial charge in [-0.3, -0.25) is 4.72 Å². The van der Waals surface area contributed by atoms with Crippen LogP contribution in [0.25, 0.3) is 0 Å². The fourth-order valence-corrected chi connectivity index (χ4v) is 3.86. The van der Waals surface area contributed by atoms with Gasteiger partial charge in [0.25, 0.3) is 0 Å². The van der Waals surface area contributed by atoms with Crippen molar-refractivity contribution in [1.82, 2.24) is 5.32 Å². The highest BCUT2D eigenvalue weighted by atomic mass is 32.2. The molecule has 0 saturated carbocycles. The largest absolute Gasteiger partial charge is 0.316 e. The monoisotopic (exact) mass is 268 g/mol. The molecule has 1 aromatic rings. The lowest BCUT2D eigenvalue weighted by Gasteiger charge is -2.13. The number of anilines is 1. The summed E-state index contributed by atoms with van der Waals surface area (Å²) in [5.74, 6) is 0.432. The lowest BCUT2D eigenvalue weighted by Crippen LogP contribution is -2.24. The average Bonchev–Trinajstić information content (AvgIpc) is 2.74. The Hall–Kier alpha value is -1.07. The van der Waals surface area contributed by atoms with Crippen molar-refractivity contribution in [2.75, 3.05) is 23.6 Å². The molecule has 100 valence electrons. The molecule has 0 spiro atoms. The first-order valence-electron chi connectivity index (χ1n) is 6.25. The molecule has 0 radical (unpaired) electrons. The van der Waals surface area contributed by atoms with Gasteiger partial charge in [-0.25, -0.2) is 8.42 Å². The summed E-state index contributed by atoms with van der Waals surface area (Å²) in [6.45, 7) is 5.63. The molecule has 0 aliphatic carbocycles. The van der Waals surface area contributed by atoms with Crippen molar-refractivity contribution in [3.63, 3.8) is 0 Å². The molecule has 1 unspecified atom stereocenters. The highest BCUT2D eigenvalue weighted by Crippen LogP contribution is 2.19. The van der Waals surface area contributed by atoms with Gasteiger partial charge < -0.3 is 5.32 Å². The van der Waals surface area contributed by atoms with Crippen LogP contribution in [0.4, 0.5) is 5.69 Å². The van der Waals surface area contributed by atoms with Gasteiger partial charge in [0, 0.05) is 0 Å². The summed E-state index contributed by atoms with van der Waals surface area (Å²) in [4.78, 5) is 0. The van der Waals surface area contributed by atoms with Gasteiger partial charge in [0.15, 0.2) is 0 Å². The molecule has 1 atom stereocenters. The quantitative estimate of drug-likeness (QED) is 0.873. The van der Waals surface area contributed by atoms with Crippen molar-refractivity contribution in [1.29, 1.82) is 0 Å². The molecule has 0 bridgehead atoms. The number of aryl methyl sites for hydroxylation is 2. The second kappa shape index (κ2) is 5.28. The van der Waals surface area contributed by atoms with E-state index >= 15 is 0 Å². The first-order chi connectivity index (χ1) is 8.46. The molecule has 0 amide bonds. The van der Waals surface area contributed by atoms with Crippen molar-refractivity contribution in [3.8, 4) is 0 Å². The second-order valence-electron chi connectivity index (χ2n) is 5.06. The Labute approximate surface area is 109 Å². The van der Waals surface area contributed by atoms with Crippen LogP contribution in [0, 0.1) is 19.8 Å². The fraction of sp³-hybridized carbons (Fsp3) is 0.538. The summed E-state index contributed by atoms with van der Waals surface area (Å²) in [6, 6.07) is 5.73. The Morgan fingerprint density at radius 1 is 1.39 bits per heavy atom. The van der Waals surface area contributed by atoms with Crippen molar-refractivity contribution in [2.45, 2.75) is 20.3 Å². The van der Waals surface area contributed by atoms with E-state index in [1.807, 2.05) is 32.0 Å². The molecule has 1 fully saturated rings. The maximum Gasteiger partial charge on any atom is 0.233 e. The maximum absolute atomic E-state index is 12.1. The molecule has 2 rings (SSSR count). The Kier molecular flexibility index (Phi) is 3.92. The van der Waals surface area contributed by atoms with Gasteiger partial charge >= 0.3 is 0 Å². The molecule has 1 aliphatic rings. The van der Waals surface area contributed by atoms with Crippen LogP contribution in [0.15, 0.2) is 18.2 Å². The first-order valence-corrected chi connectivity index (χ1v) is 7.90. The van der Waals surface area contributed by atoms with E-state index in [4.69, 9.17) is 0 Å². The summed E-state index contributed by atoms with van der Waals surface area (Å²) in [5.41, 5.74) is 2.78. The Morgan fingerprint density at radius 2 is 2.17 bits per heavy atom. The van der Waals surface area contributed by atoms with Crippen molar-refractivity contribution < 1.29 is 8.42 Å². The molecular formula is C13H20N2O2S. The molecular weight excluding hydrogens is 248 g/mol. The van der Waals surface area contributed by atoms with Crippen LogP contribution in [0.5, 0.6) is 0 Å². The molecule has 1 aliphatic heterocycles. The minimum absolute atomic E-state index is 0.202. The molecule has 1 heterocycles. The topological polar surface area (TPSA) is 58.2 Å². The van der Waals surface area contributed by atoms with Gasteiger partial charge in [0.1, 0.15) is 0 Å². The smallest absolute Gasteiger partial charge is 0.233 e. The minimum atomic E-state index is -3.24. The molecule has 18 heavy (non-hydrogen) atoms. The number of nitrogens with one attached hydrogen (secondary N) is 2. The van der Waals surface area contributed by atoms with Gasteiger partial charge in [0.2, 0.25) is 10.0 Å². The number of sulfonamides is 1. The molecule has 5 heteroatoms. The lowest BCUT2D eigenvalue weighted by molar-refractivity contribution is 0.575. The average molecular weight is 268 g/mol. The summed E-state index contributed by atoms with van der Waals surface area (Å²) in [5, 5.41) is 3.19. The number of benzene rings is 1. The zero-order valence-corrected chi connectivity index (χ0v) is 11.7. The van der Waals surface area contributed by atoms with Gasteiger partial charge in [0.05, 0.1) is 11.4 Å². The molecule has 2 N–H and O–H groups in total. The van der Waals surface area contributed by atoms with Crippen LogP contribution in [0.3, 0.4) is 0 Å². The second-order valence-corrected chi connectivity index (χ2v) is 6.83. The number of rotatable bonds is 4. The van der Waals surface area contributed by atoms with E-state index in [9.17, 15) is 8.42 Å². The number of hydrogen-bond donors (Lipinski definition) is 2. The van der Waals surface area contributed by atoms with E-state index < -0.39 is 10.0 Å². The van der Waals surface area contributed by atoms with Gasteiger partial charge in [-0.05, 0) is 50.9 Å². The molecule has 0 aromatic heterocycles. The summed E-state index contributed by atoms with van der Waals surface area (Å²) >= 11 is 0. The summed E-state index contributed by atoms with van der Waals surface area (Å²) < 4.78 is 26.8. The third-order valence-electron chi connectivity index (χ3n) is 3.26. The lowest BCUT2D eigenvalue weighted by atomic mass is 10.1. The zero-order valence-electron chi connectivity index (χ0n) is 10.9. The summed E-state index contributed by atoms with van der Waals surface area (Å²) in [6.07, 6.45) is 0.938. The van der Waals surface area contributed by atoms with E-state index in [0.29, 0.717) is 5.69 Å². The van der Waals surface area contributed by atoms with Crippen molar-refractivity contribution >= 4 is 15.7 Å². The third kappa shape index (κ3) is 3.46. The first kappa shape index (κ1) is 13.4. The van der Waals surface area contributed by atoms with Crippen molar-refractivity contribution in [2.24, 2.45) is 5.92 Å². The fourth-order valence-electron chi connectivity index (χ4n) is 2.30. The van der Waals surface area contributed by atoms with Gasteiger partial charge in [-0.1, -0.05) is 17.7 Å². The molecule has 4 nitrogen and oxygen atoms in total. The van der Waals surface area contributed by atoms with Crippen LogP contribution < -0.4 is 10.0 Å². The predicted molar refractivity (Wildman–Crippen MR) is 74.3 cm³/mol. The molecule has 1 saturated heterocycles. The SMILES string of the molecule is Cc1ccc(NS(=O)(=O)CC2CCNC2)c(C)c1. The van der Waals surface area contributed by atoms with E-state index in [-0.39, 0.29) is 11.7 Å². The Bertz CT molecular complexity index is 520. The van der Waals surface area contributed by atoms with Gasteiger partial charge in [-0.15, -0.1) is 0 Å². The normalized spacial score (nSPS) is 20.0. The zero-order chi connectivity index (χ0) is 13.2. The number of hydrogen-bond acceptors (Lipinski definition) is 3. The molecule has 1 aromatic carbocycles. The van der Waals surface area contributed by atoms with Crippen molar-refractivity contribution in [3.05, 3.63) is 29.3 Å². The highest BCUT2D eigenvalue weighted by Gasteiger charge is 2.22. The van der Waals surface area contributed by atoms with Crippen LogP contribution in [-0.4, -0.2) is 27.3 Å². The predicted octanol–water partition coefficient (Wildman–Crippen LogP) is 1.65. The summed E-state index contributed by atoms with van der Waals surface area (Å²) in [7, 11) is -3.24. The minimum Gasteiger partial charge on any atom is -0.316 e. The van der Waals surface area contributed by atoms with Crippen LogP contribution in [0.2, 0.25) is 0 Å². The standard InChI is InChI=1S/C13H20N2O2S/c1-10-3-4-13(11(2)7-10)15-18(16,17)9-12-5-6-14-8-12/h3-4,7,12,14-15H,5-6,8-9H2,1-2H3. The van der Waals surface area contributed by atoms with Crippen LogP contribution in [-0.2, 0) is 10.0 Å².